The number of rotatable bonds is 8. The minimum Gasteiger partial charge on any atom is -0.351 e. The zero-order valence-corrected chi connectivity index (χ0v) is 18.7. The van der Waals surface area contributed by atoms with Crippen LogP contribution in [0.2, 0.25) is 0 Å². The highest BCUT2D eigenvalue weighted by atomic mass is 32.2. The predicted octanol–water partition coefficient (Wildman–Crippen LogP) is 1.66. The maximum absolute atomic E-state index is 12.9. The Balaban J connectivity index is 1.49. The summed E-state index contributed by atoms with van der Waals surface area (Å²) in [4.78, 5) is 27.8. The monoisotopic (exact) mass is 428 g/mol. The van der Waals surface area contributed by atoms with Crippen molar-refractivity contribution < 1.29 is 9.59 Å². The van der Waals surface area contributed by atoms with Gasteiger partial charge in [-0.25, -0.2) is 0 Å². The molecule has 0 bridgehead atoms. The first-order chi connectivity index (χ1) is 13.6. The lowest BCUT2D eigenvalue weighted by Gasteiger charge is -2.31. The first kappa shape index (κ1) is 22.2. The molecule has 0 unspecified atom stereocenters. The molecule has 3 aliphatic rings. The minimum atomic E-state index is -0.437. The van der Waals surface area contributed by atoms with Crippen molar-refractivity contribution in [2.24, 2.45) is 5.92 Å². The van der Waals surface area contributed by atoms with Crippen molar-refractivity contribution in [3.05, 3.63) is 0 Å². The number of nitrogens with one attached hydrogen (secondary N) is 3. The molecule has 0 aromatic heterocycles. The summed E-state index contributed by atoms with van der Waals surface area (Å²) < 4.78 is 0. The second-order valence-electron chi connectivity index (χ2n) is 8.46. The molecule has 2 saturated heterocycles. The van der Waals surface area contributed by atoms with Crippen molar-refractivity contribution in [1.29, 1.82) is 0 Å². The Kier molecular flexibility index (Phi) is 9.27. The molecule has 0 radical (unpaired) electrons. The number of piperidine rings is 1. The summed E-state index contributed by atoms with van der Waals surface area (Å²) in [5, 5.41) is 9.44. The van der Waals surface area contributed by atoms with Gasteiger partial charge in [0.2, 0.25) is 11.8 Å². The van der Waals surface area contributed by atoms with Crippen LogP contribution >= 0.6 is 23.5 Å². The third-order valence-corrected chi connectivity index (χ3v) is 8.31. The highest BCUT2D eigenvalue weighted by molar-refractivity contribution is 7.99. The number of nitrogens with zero attached hydrogens (tertiary/aromatic N) is 1. The topological polar surface area (TPSA) is 73.5 Å². The summed E-state index contributed by atoms with van der Waals surface area (Å²) in [5.74, 6) is 4.09. The van der Waals surface area contributed by atoms with E-state index in [9.17, 15) is 9.59 Å². The van der Waals surface area contributed by atoms with E-state index in [4.69, 9.17) is 0 Å². The van der Waals surface area contributed by atoms with Gasteiger partial charge >= 0.3 is 0 Å². The summed E-state index contributed by atoms with van der Waals surface area (Å²) in [7, 11) is 2.12. The van der Waals surface area contributed by atoms with E-state index in [0.717, 1.165) is 49.2 Å². The zero-order valence-electron chi connectivity index (χ0n) is 17.1. The fraction of sp³-hybridized carbons (Fsp3) is 0.900. The van der Waals surface area contributed by atoms with Gasteiger partial charge in [-0.2, -0.15) is 11.8 Å². The Labute approximate surface area is 178 Å². The summed E-state index contributed by atoms with van der Waals surface area (Å²) in [5.41, 5.74) is 0. The van der Waals surface area contributed by atoms with Gasteiger partial charge in [0.15, 0.2) is 0 Å². The normalized spacial score (nSPS) is 26.1. The van der Waals surface area contributed by atoms with Crippen molar-refractivity contribution in [2.75, 3.05) is 43.3 Å². The van der Waals surface area contributed by atoms with Crippen LogP contribution in [-0.4, -0.2) is 78.1 Å². The van der Waals surface area contributed by atoms with Crippen LogP contribution in [0.3, 0.4) is 0 Å². The van der Waals surface area contributed by atoms with E-state index in [0.29, 0.717) is 5.75 Å². The largest absolute Gasteiger partial charge is 0.351 e. The summed E-state index contributed by atoms with van der Waals surface area (Å²) in [6, 6.07) is -0.383. The number of likely N-dealkylation sites (tertiary alicyclic amines) is 1. The maximum atomic E-state index is 12.9. The minimum absolute atomic E-state index is 0.00954. The standard InChI is InChI=1S/C20H36N4O2S2/c1-24-9-7-16(8-10-24)22-20(26)18(23-19(25)17-12-28-14-21-17)13-27-11-15-5-3-2-4-6-15/h15-18,21H,2-14H2,1H3,(H,22,26)(H,23,25)/t17-,18-/m0/s1. The molecule has 2 amide bonds. The highest BCUT2D eigenvalue weighted by Crippen LogP contribution is 2.27. The van der Waals surface area contributed by atoms with Crippen molar-refractivity contribution in [2.45, 2.75) is 63.1 Å². The fourth-order valence-electron chi connectivity index (χ4n) is 4.18. The Morgan fingerprint density at radius 2 is 1.93 bits per heavy atom. The van der Waals surface area contributed by atoms with Gasteiger partial charge in [0.1, 0.15) is 6.04 Å². The van der Waals surface area contributed by atoms with E-state index in [-0.39, 0.29) is 23.9 Å². The van der Waals surface area contributed by atoms with Gasteiger partial charge in [-0.15, -0.1) is 11.8 Å². The quantitative estimate of drug-likeness (QED) is 0.546. The first-order valence-electron chi connectivity index (χ1n) is 10.8. The molecule has 1 aliphatic carbocycles. The van der Waals surface area contributed by atoms with Crippen LogP contribution in [-0.2, 0) is 9.59 Å². The number of thioether (sulfide) groups is 2. The lowest BCUT2D eigenvalue weighted by molar-refractivity contribution is -0.129. The molecule has 0 spiro atoms. The van der Waals surface area contributed by atoms with E-state index < -0.39 is 6.04 Å². The molecule has 1 saturated carbocycles. The molecule has 28 heavy (non-hydrogen) atoms. The molecule has 0 aromatic carbocycles. The molecular weight excluding hydrogens is 392 g/mol. The van der Waals surface area contributed by atoms with E-state index in [1.165, 1.54) is 32.1 Å². The van der Waals surface area contributed by atoms with Crippen LogP contribution in [0.1, 0.15) is 44.9 Å². The smallest absolute Gasteiger partial charge is 0.243 e. The van der Waals surface area contributed by atoms with Gasteiger partial charge in [0, 0.05) is 23.4 Å². The summed E-state index contributed by atoms with van der Waals surface area (Å²) in [6.07, 6.45) is 8.65. The number of hydrogen-bond donors (Lipinski definition) is 3. The van der Waals surface area contributed by atoms with Crippen LogP contribution in [0.4, 0.5) is 0 Å². The number of hydrogen-bond acceptors (Lipinski definition) is 6. The van der Waals surface area contributed by atoms with Crippen molar-refractivity contribution in [3.8, 4) is 0 Å². The van der Waals surface area contributed by atoms with Gasteiger partial charge < -0.3 is 15.5 Å². The lowest BCUT2D eigenvalue weighted by atomic mass is 9.91. The van der Waals surface area contributed by atoms with E-state index in [1.807, 2.05) is 11.8 Å². The molecule has 2 heterocycles. The van der Waals surface area contributed by atoms with Gasteiger partial charge in [0.25, 0.3) is 0 Å². The molecule has 2 atom stereocenters. The van der Waals surface area contributed by atoms with Crippen LogP contribution < -0.4 is 16.0 Å². The van der Waals surface area contributed by atoms with E-state index in [2.05, 4.69) is 27.9 Å². The average Bonchev–Trinajstić information content (AvgIpc) is 3.25. The van der Waals surface area contributed by atoms with Gasteiger partial charge in [-0.05, 0) is 57.5 Å². The Hall–Kier alpha value is -0.440. The molecule has 6 nitrogen and oxygen atoms in total. The second kappa shape index (κ2) is 11.7. The van der Waals surface area contributed by atoms with E-state index in [1.54, 1.807) is 11.8 Å². The van der Waals surface area contributed by atoms with Gasteiger partial charge in [-0.3, -0.25) is 14.9 Å². The van der Waals surface area contributed by atoms with Gasteiger partial charge in [0.05, 0.1) is 6.04 Å². The fourth-order valence-corrected chi connectivity index (χ4v) is 6.39. The third kappa shape index (κ3) is 7.11. The van der Waals surface area contributed by atoms with Crippen LogP contribution in [0.25, 0.3) is 0 Å². The third-order valence-electron chi connectivity index (χ3n) is 6.09. The predicted molar refractivity (Wildman–Crippen MR) is 119 cm³/mol. The highest BCUT2D eigenvalue weighted by Gasteiger charge is 2.29. The Bertz CT molecular complexity index is 502. The SMILES string of the molecule is CN1CCC(NC(=O)[C@H](CSCC2CCCCC2)NC(=O)[C@@H]2CSCN2)CC1. The molecule has 3 rings (SSSR count). The number of amides is 2. The van der Waals surface area contributed by atoms with Crippen molar-refractivity contribution in [1.82, 2.24) is 20.9 Å². The molecule has 3 fully saturated rings. The lowest BCUT2D eigenvalue weighted by Crippen LogP contribution is -2.55. The summed E-state index contributed by atoms with van der Waals surface area (Å²) >= 11 is 3.56. The molecule has 3 N–H and O–H groups in total. The molecular formula is C20H36N4O2S2. The Morgan fingerprint density at radius 3 is 2.61 bits per heavy atom. The first-order valence-corrected chi connectivity index (χ1v) is 13.1. The molecule has 0 aromatic rings. The molecule has 160 valence electrons. The Morgan fingerprint density at radius 1 is 1.18 bits per heavy atom. The summed E-state index contributed by atoms with van der Waals surface area (Å²) in [6.45, 7) is 2.03. The van der Waals surface area contributed by atoms with Crippen molar-refractivity contribution >= 4 is 35.3 Å². The van der Waals surface area contributed by atoms with Crippen LogP contribution in [0, 0.1) is 5.92 Å². The number of carbonyl (C=O) groups is 2. The number of carbonyl (C=O) groups excluding carboxylic acids is 2. The van der Waals surface area contributed by atoms with Crippen LogP contribution in [0.5, 0.6) is 0 Å². The van der Waals surface area contributed by atoms with Crippen LogP contribution in [0.15, 0.2) is 0 Å². The zero-order chi connectivity index (χ0) is 19.8. The van der Waals surface area contributed by atoms with Gasteiger partial charge in [-0.1, -0.05) is 19.3 Å². The van der Waals surface area contributed by atoms with Crippen molar-refractivity contribution in [3.63, 3.8) is 0 Å². The average molecular weight is 429 g/mol. The maximum Gasteiger partial charge on any atom is 0.243 e. The molecule has 2 aliphatic heterocycles. The van der Waals surface area contributed by atoms with E-state index >= 15 is 0 Å². The molecule has 8 heteroatoms. The second-order valence-corrected chi connectivity index (χ2v) is 10.6.